The lowest BCUT2D eigenvalue weighted by molar-refractivity contribution is -0.120. The number of carbonyl (C=O) groups is 1. The third-order valence-corrected chi connectivity index (χ3v) is 15.4. The van der Waals surface area contributed by atoms with E-state index in [4.69, 9.17) is 85.5 Å². The van der Waals surface area contributed by atoms with E-state index in [-0.39, 0.29) is 38.7 Å². The van der Waals surface area contributed by atoms with Crippen molar-refractivity contribution in [3.63, 3.8) is 0 Å². The Bertz CT molecular complexity index is 2660. The van der Waals surface area contributed by atoms with Crippen molar-refractivity contribution in [2.24, 2.45) is 21.9 Å². The maximum atomic E-state index is 16.4. The quantitative estimate of drug-likeness (QED) is 0.121. The summed E-state index contributed by atoms with van der Waals surface area (Å²) in [5.74, 6) is -1.96. The highest BCUT2D eigenvalue weighted by Gasteiger charge is 2.51. The first-order chi connectivity index (χ1) is 28.4. The number of hydrazone groups is 2. The second kappa shape index (κ2) is 17.5. The van der Waals surface area contributed by atoms with Gasteiger partial charge in [-0.3, -0.25) is 4.79 Å². The number of halogens is 6. The van der Waals surface area contributed by atoms with Crippen LogP contribution in [0.15, 0.2) is 100 Å². The van der Waals surface area contributed by atoms with Crippen molar-refractivity contribution in [2.45, 2.75) is 70.1 Å². The maximum Gasteiger partial charge on any atom is 0.245 e. The van der Waals surface area contributed by atoms with Crippen LogP contribution in [-0.4, -0.2) is 30.1 Å². The monoisotopic (exact) mass is 942 g/mol. The maximum absolute atomic E-state index is 16.4. The smallest absolute Gasteiger partial charge is 0.245 e. The fourth-order valence-electron chi connectivity index (χ4n) is 8.18. The lowest BCUT2D eigenvalue weighted by atomic mass is 9.84. The van der Waals surface area contributed by atoms with Crippen LogP contribution in [0.2, 0.25) is 30.1 Å². The van der Waals surface area contributed by atoms with Crippen LogP contribution in [-0.2, 0) is 14.8 Å². The summed E-state index contributed by atoms with van der Waals surface area (Å²) in [4.78, 5) is 14.0. The van der Waals surface area contributed by atoms with Crippen LogP contribution in [0.3, 0.4) is 0 Å². The minimum absolute atomic E-state index is 0.0745. The van der Waals surface area contributed by atoms with E-state index in [2.05, 4.69) is 10.9 Å². The first-order valence-electron chi connectivity index (χ1n) is 18.9. The van der Waals surface area contributed by atoms with Gasteiger partial charge in [-0.2, -0.15) is 14.5 Å². The number of benzene rings is 5. The Morgan fingerprint density at radius 2 is 1.12 bits per heavy atom. The van der Waals surface area contributed by atoms with Gasteiger partial charge >= 0.3 is 0 Å². The Morgan fingerprint density at radius 3 is 1.62 bits per heavy atom. The molecule has 0 aromatic heterocycles. The zero-order valence-corrected chi connectivity index (χ0v) is 38.3. The molecule has 312 valence electrons. The highest BCUT2D eigenvalue weighted by molar-refractivity contribution is 7.89. The zero-order chi connectivity index (χ0) is 43.4. The SMILES string of the molecule is Cc1c(C)c(C)c(S(=O)(=O)N(C(C2=NNC(c3ccc(Cl)cc3)C2)c2ccc(Cl)cc2Cl)C(C2=NNC(c3ccc(Cl)cc3)C2C(N)=O)c2ccc(Cl)cc2Cl)c(C)c1C. The normalized spacial score (nSPS) is 18.8. The standard InChI is InChI=1S/C44H40Cl6N6O3S/c1-21-22(2)24(4)43(25(5)23(21)3)60(58,59)56(41(32-16-14-30(47)18-34(32)49)37-20-36(52-53-37)26-6-10-28(45)11-7-26)42(33-17-15-31(48)19-35(33)50)40-38(44(51)57)39(54-55-40)27-8-12-29(46)13-9-27/h6-19,36,38-39,41-42,52,54H,20H2,1-5H3,(H2,51,57). The molecule has 60 heavy (non-hydrogen) atoms. The van der Waals surface area contributed by atoms with E-state index < -0.39 is 40.0 Å². The van der Waals surface area contributed by atoms with Crippen LogP contribution in [0.5, 0.6) is 0 Å². The lowest BCUT2D eigenvalue weighted by Gasteiger charge is -2.40. The van der Waals surface area contributed by atoms with Crippen LogP contribution < -0.4 is 16.6 Å². The van der Waals surface area contributed by atoms with E-state index in [0.29, 0.717) is 48.1 Å². The van der Waals surface area contributed by atoms with Crippen LogP contribution in [0, 0.1) is 40.5 Å². The van der Waals surface area contributed by atoms with Crippen molar-refractivity contribution in [3.8, 4) is 0 Å². The van der Waals surface area contributed by atoms with Crippen molar-refractivity contribution < 1.29 is 13.2 Å². The first-order valence-corrected chi connectivity index (χ1v) is 22.6. The van der Waals surface area contributed by atoms with Crippen LogP contribution in [0.1, 0.15) is 80.7 Å². The number of hydrogen-bond donors (Lipinski definition) is 3. The fourth-order valence-corrected chi connectivity index (χ4v) is 11.8. The summed E-state index contributed by atoms with van der Waals surface area (Å²) in [7, 11) is -4.73. The van der Waals surface area contributed by atoms with E-state index >= 15 is 8.42 Å². The highest BCUT2D eigenvalue weighted by Crippen LogP contribution is 2.49. The zero-order valence-electron chi connectivity index (χ0n) is 33.0. The molecular weight excluding hydrogens is 905 g/mol. The number of hydrogen-bond acceptors (Lipinski definition) is 7. The van der Waals surface area contributed by atoms with Gasteiger partial charge in [0.05, 0.1) is 40.5 Å². The largest absolute Gasteiger partial charge is 0.369 e. The molecular formula is C44H40Cl6N6O3S. The molecule has 0 radical (unpaired) electrons. The Hall–Kier alpha value is -3.84. The number of amides is 1. The number of primary amides is 1. The predicted molar refractivity (Wildman–Crippen MR) is 244 cm³/mol. The van der Waals surface area contributed by atoms with Gasteiger partial charge in [0, 0.05) is 36.6 Å². The minimum atomic E-state index is -4.73. The lowest BCUT2D eigenvalue weighted by Crippen LogP contribution is -2.48. The molecule has 7 rings (SSSR count). The summed E-state index contributed by atoms with van der Waals surface area (Å²) in [5.41, 5.74) is 18.9. The van der Waals surface area contributed by atoms with Crippen molar-refractivity contribution >= 4 is 97.0 Å². The molecule has 5 aromatic carbocycles. The Labute approximate surface area is 379 Å². The summed E-state index contributed by atoms with van der Waals surface area (Å²) in [6.07, 6.45) is 0.236. The predicted octanol–water partition coefficient (Wildman–Crippen LogP) is 11.5. The molecule has 1 amide bonds. The van der Waals surface area contributed by atoms with E-state index in [1.54, 1.807) is 80.6 Å². The highest BCUT2D eigenvalue weighted by atomic mass is 35.5. The van der Waals surface area contributed by atoms with Gasteiger partial charge in [-0.15, -0.1) is 0 Å². The van der Waals surface area contributed by atoms with E-state index in [0.717, 1.165) is 22.3 Å². The van der Waals surface area contributed by atoms with Gasteiger partial charge < -0.3 is 16.6 Å². The summed E-state index contributed by atoms with van der Waals surface area (Å²) < 4.78 is 34.2. The number of carbonyl (C=O) groups excluding carboxylic acids is 1. The van der Waals surface area contributed by atoms with Crippen molar-refractivity contribution in [2.75, 3.05) is 0 Å². The molecule has 0 saturated carbocycles. The molecule has 0 bridgehead atoms. The number of nitrogens with one attached hydrogen (secondary N) is 2. The average molecular weight is 946 g/mol. The molecule has 0 spiro atoms. The molecule has 5 aromatic rings. The van der Waals surface area contributed by atoms with E-state index in [1.807, 2.05) is 32.9 Å². The van der Waals surface area contributed by atoms with Crippen molar-refractivity contribution in [1.29, 1.82) is 0 Å². The van der Waals surface area contributed by atoms with Gasteiger partial charge in [0.2, 0.25) is 15.9 Å². The summed E-state index contributed by atoms with van der Waals surface area (Å²) in [5, 5.41) is 11.6. The van der Waals surface area contributed by atoms with Gasteiger partial charge in [0.1, 0.15) is 5.92 Å². The molecule has 9 nitrogen and oxygen atoms in total. The molecule has 5 unspecified atom stereocenters. The van der Waals surface area contributed by atoms with Gasteiger partial charge in [-0.25, -0.2) is 8.42 Å². The van der Waals surface area contributed by atoms with Gasteiger partial charge in [0.25, 0.3) is 0 Å². The molecule has 5 atom stereocenters. The van der Waals surface area contributed by atoms with Gasteiger partial charge in [-0.05, 0) is 133 Å². The molecule has 0 saturated heterocycles. The van der Waals surface area contributed by atoms with Crippen molar-refractivity contribution in [1.82, 2.24) is 15.2 Å². The molecule has 0 fully saturated rings. The van der Waals surface area contributed by atoms with Gasteiger partial charge in [-0.1, -0.05) is 106 Å². The molecule has 2 heterocycles. The molecule has 2 aliphatic heterocycles. The second-order valence-corrected chi connectivity index (χ2v) is 19.4. The third-order valence-electron chi connectivity index (χ3n) is 11.7. The number of sulfonamides is 1. The minimum Gasteiger partial charge on any atom is -0.369 e. The first kappa shape index (κ1) is 44.2. The second-order valence-electron chi connectivity index (χ2n) is 15.0. The van der Waals surface area contributed by atoms with Crippen LogP contribution >= 0.6 is 69.6 Å². The average Bonchev–Trinajstić information content (AvgIpc) is 3.87. The molecule has 2 aliphatic rings. The summed E-state index contributed by atoms with van der Waals surface area (Å²) in [6.45, 7) is 9.34. The van der Waals surface area contributed by atoms with E-state index in [9.17, 15) is 4.79 Å². The van der Waals surface area contributed by atoms with Crippen LogP contribution in [0.4, 0.5) is 0 Å². The summed E-state index contributed by atoms with van der Waals surface area (Å²) in [6, 6.07) is 20.0. The van der Waals surface area contributed by atoms with Crippen LogP contribution in [0.25, 0.3) is 0 Å². The topological polar surface area (TPSA) is 129 Å². The Kier molecular flexibility index (Phi) is 12.9. The third kappa shape index (κ3) is 8.26. The fraction of sp³-hybridized carbons (Fsp3) is 0.250. The Morgan fingerprint density at radius 1 is 0.650 bits per heavy atom. The molecule has 4 N–H and O–H groups in total. The Balaban J connectivity index is 1.57. The van der Waals surface area contributed by atoms with Gasteiger partial charge in [0.15, 0.2) is 0 Å². The number of rotatable bonds is 11. The van der Waals surface area contributed by atoms with E-state index in [1.165, 1.54) is 10.4 Å². The number of nitrogens with two attached hydrogens (primary N) is 1. The molecule has 0 aliphatic carbocycles. The molecule has 16 heteroatoms. The summed E-state index contributed by atoms with van der Waals surface area (Å²) >= 11 is 39.8. The van der Waals surface area contributed by atoms with Crippen molar-refractivity contribution in [3.05, 3.63) is 165 Å². The number of nitrogens with zero attached hydrogens (tertiary/aromatic N) is 3.